The van der Waals surface area contributed by atoms with Crippen LogP contribution in [0.2, 0.25) is 0 Å². The number of nitrogens with zero attached hydrogens (tertiary/aromatic N) is 3. The summed E-state index contributed by atoms with van der Waals surface area (Å²) in [5.74, 6) is 0. The fraction of sp³-hybridized carbons (Fsp3) is 0.211. The van der Waals surface area contributed by atoms with Gasteiger partial charge < -0.3 is 5.73 Å². The Morgan fingerprint density at radius 3 is 2.46 bits per heavy atom. The van der Waals surface area contributed by atoms with E-state index in [0.29, 0.717) is 0 Å². The van der Waals surface area contributed by atoms with Crippen LogP contribution in [0.15, 0.2) is 71.9 Å². The Labute approximate surface area is 153 Å². The summed E-state index contributed by atoms with van der Waals surface area (Å²) in [6.07, 6.45) is 2.93. The first-order chi connectivity index (χ1) is 12.5. The average Bonchev–Trinajstić information content (AvgIpc) is 3.13. The summed E-state index contributed by atoms with van der Waals surface area (Å²) in [4.78, 5) is 0.158. The molecule has 0 radical (unpaired) electrons. The summed E-state index contributed by atoms with van der Waals surface area (Å²) in [5.41, 5.74) is 8.43. The van der Waals surface area contributed by atoms with Gasteiger partial charge in [0.1, 0.15) is 4.90 Å². The SMILES string of the molecule is Cc1ccccc1-n1cc(S(=O)(=O)N(CCN)Cc2ccccc2)cn1. The standard InChI is InChI=1S/C19H22N4O2S/c1-16-7-5-6-10-19(16)23-15-18(13-21-23)26(24,25)22(12-11-20)14-17-8-3-2-4-9-17/h2-10,13,15H,11-12,14,20H2,1H3. The number of benzene rings is 2. The Morgan fingerprint density at radius 2 is 1.77 bits per heavy atom. The van der Waals surface area contributed by atoms with Crippen LogP contribution in [0.4, 0.5) is 0 Å². The maximum atomic E-state index is 13.1. The highest BCUT2D eigenvalue weighted by Crippen LogP contribution is 2.20. The Morgan fingerprint density at radius 1 is 1.08 bits per heavy atom. The molecule has 0 amide bonds. The molecule has 6 nitrogen and oxygen atoms in total. The van der Waals surface area contributed by atoms with E-state index in [1.54, 1.807) is 10.9 Å². The molecule has 0 aliphatic carbocycles. The lowest BCUT2D eigenvalue weighted by Gasteiger charge is -2.20. The number of para-hydroxylation sites is 1. The van der Waals surface area contributed by atoms with Gasteiger partial charge >= 0.3 is 0 Å². The van der Waals surface area contributed by atoms with E-state index in [9.17, 15) is 8.42 Å². The molecule has 2 N–H and O–H groups in total. The highest BCUT2D eigenvalue weighted by molar-refractivity contribution is 7.89. The zero-order valence-electron chi connectivity index (χ0n) is 14.6. The highest BCUT2D eigenvalue weighted by Gasteiger charge is 2.26. The van der Waals surface area contributed by atoms with Gasteiger partial charge in [0.25, 0.3) is 0 Å². The van der Waals surface area contributed by atoms with Crippen molar-refractivity contribution < 1.29 is 8.42 Å². The van der Waals surface area contributed by atoms with Crippen molar-refractivity contribution in [2.24, 2.45) is 5.73 Å². The topological polar surface area (TPSA) is 81.2 Å². The van der Waals surface area contributed by atoms with Crippen LogP contribution in [0.1, 0.15) is 11.1 Å². The van der Waals surface area contributed by atoms with Crippen molar-refractivity contribution >= 4 is 10.0 Å². The van der Waals surface area contributed by atoms with Crippen molar-refractivity contribution in [3.05, 3.63) is 78.1 Å². The van der Waals surface area contributed by atoms with Gasteiger partial charge in [-0.2, -0.15) is 9.40 Å². The molecular formula is C19H22N4O2S. The number of sulfonamides is 1. The minimum absolute atomic E-state index is 0.158. The van der Waals surface area contributed by atoms with Crippen LogP contribution in [-0.2, 0) is 16.6 Å². The third kappa shape index (κ3) is 3.85. The van der Waals surface area contributed by atoms with Crippen LogP contribution in [0.25, 0.3) is 5.69 Å². The number of hydrogen-bond acceptors (Lipinski definition) is 4. The van der Waals surface area contributed by atoms with Crippen molar-refractivity contribution in [2.75, 3.05) is 13.1 Å². The van der Waals surface area contributed by atoms with E-state index in [4.69, 9.17) is 5.73 Å². The van der Waals surface area contributed by atoms with Crippen molar-refractivity contribution in [1.82, 2.24) is 14.1 Å². The maximum Gasteiger partial charge on any atom is 0.246 e. The summed E-state index contributed by atoms with van der Waals surface area (Å²) in [6, 6.07) is 17.2. The van der Waals surface area contributed by atoms with Gasteiger partial charge in [0, 0.05) is 19.6 Å². The minimum Gasteiger partial charge on any atom is -0.329 e. The second kappa shape index (κ2) is 7.82. The molecule has 3 rings (SSSR count). The summed E-state index contributed by atoms with van der Waals surface area (Å²) in [6.45, 7) is 2.72. The van der Waals surface area contributed by atoms with Gasteiger partial charge in [-0.05, 0) is 24.1 Å². The first-order valence-electron chi connectivity index (χ1n) is 8.37. The van der Waals surface area contributed by atoms with Gasteiger partial charge in [-0.15, -0.1) is 0 Å². The number of nitrogens with two attached hydrogens (primary N) is 1. The van der Waals surface area contributed by atoms with Gasteiger partial charge in [0.15, 0.2) is 0 Å². The van der Waals surface area contributed by atoms with E-state index in [-0.39, 0.29) is 24.5 Å². The zero-order chi connectivity index (χ0) is 18.6. The lowest BCUT2D eigenvalue weighted by Crippen LogP contribution is -2.34. The largest absolute Gasteiger partial charge is 0.329 e. The molecule has 0 spiro atoms. The molecule has 0 aliphatic rings. The molecule has 26 heavy (non-hydrogen) atoms. The Bertz CT molecular complexity index is 968. The number of aromatic nitrogens is 2. The Hall–Kier alpha value is -2.48. The first kappa shape index (κ1) is 18.3. The lowest BCUT2D eigenvalue weighted by atomic mass is 10.2. The van der Waals surface area contributed by atoms with Crippen molar-refractivity contribution in [3.8, 4) is 5.69 Å². The minimum atomic E-state index is -3.69. The van der Waals surface area contributed by atoms with Crippen molar-refractivity contribution in [3.63, 3.8) is 0 Å². The van der Waals surface area contributed by atoms with E-state index >= 15 is 0 Å². The Balaban J connectivity index is 1.92. The van der Waals surface area contributed by atoms with E-state index in [1.807, 2.05) is 61.5 Å². The molecule has 0 unspecified atom stereocenters. The average molecular weight is 370 g/mol. The van der Waals surface area contributed by atoms with E-state index in [1.165, 1.54) is 10.5 Å². The smallest absolute Gasteiger partial charge is 0.246 e. The monoisotopic (exact) mass is 370 g/mol. The fourth-order valence-corrected chi connectivity index (χ4v) is 4.13. The van der Waals surface area contributed by atoms with Crippen LogP contribution in [0, 0.1) is 6.92 Å². The molecule has 0 aliphatic heterocycles. The van der Waals surface area contributed by atoms with Crippen molar-refractivity contribution in [2.45, 2.75) is 18.4 Å². The molecule has 1 heterocycles. The molecule has 2 aromatic carbocycles. The molecular weight excluding hydrogens is 348 g/mol. The molecule has 0 bridgehead atoms. The lowest BCUT2D eigenvalue weighted by molar-refractivity contribution is 0.414. The Kier molecular flexibility index (Phi) is 5.51. The molecule has 136 valence electrons. The van der Waals surface area contributed by atoms with Crippen LogP contribution in [0.5, 0.6) is 0 Å². The third-order valence-corrected chi connectivity index (χ3v) is 5.94. The van der Waals surface area contributed by atoms with Gasteiger partial charge in [0.05, 0.1) is 18.1 Å². The number of hydrogen-bond donors (Lipinski definition) is 1. The van der Waals surface area contributed by atoms with Crippen LogP contribution >= 0.6 is 0 Å². The molecule has 0 atom stereocenters. The zero-order valence-corrected chi connectivity index (χ0v) is 15.4. The molecule has 3 aromatic rings. The highest BCUT2D eigenvalue weighted by atomic mass is 32.2. The second-order valence-corrected chi connectivity index (χ2v) is 7.96. The van der Waals surface area contributed by atoms with Crippen LogP contribution in [0.3, 0.4) is 0 Å². The molecule has 1 aromatic heterocycles. The summed E-state index contributed by atoms with van der Waals surface area (Å²) in [7, 11) is -3.69. The predicted molar refractivity (Wildman–Crippen MR) is 101 cm³/mol. The van der Waals surface area contributed by atoms with Gasteiger partial charge in [-0.3, -0.25) is 0 Å². The quantitative estimate of drug-likeness (QED) is 0.692. The second-order valence-electron chi connectivity index (χ2n) is 6.02. The van der Waals surface area contributed by atoms with Gasteiger partial charge in [-0.25, -0.2) is 13.1 Å². The number of aryl methyl sites for hydroxylation is 1. The van der Waals surface area contributed by atoms with Crippen molar-refractivity contribution in [1.29, 1.82) is 0 Å². The number of rotatable bonds is 7. The molecule has 0 saturated carbocycles. The molecule has 7 heteroatoms. The van der Waals surface area contributed by atoms with E-state index in [2.05, 4.69) is 5.10 Å². The summed E-state index contributed by atoms with van der Waals surface area (Å²) in [5, 5.41) is 4.24. The summed E-state index contributed by atoms with van der Waals surface area (Å²) >= 11 is 0. The predicted octanol–water partition coefficient (Wildman–Crippen LogP) is 2.33. The van der Waals surface area contributed by atoms with Crippen LogP contribution < -0.4 is 5.73 Å². The molecule has 0 saturated heterocycles. The maximum absolute atomic E-state index is 13.1. The van der Waals surface area contributed by atoms with Gasteiger partial charge in [0.2, 0.25) is 10.0 Å². The normalized spacial score (nSPS) is 11.8. The van der Waals surface area contributed by atoms with E-state index < -0.39 is 10.0 Å². The summed E-state index contributed by atoms with van der Waals surface area (Å²) < 4.78 is 29.1. The molecule has 0 fully saturated rings. The van der Waals surface area contributed by atoms with Gasteiger partial charge in [-0.1, -0.05) is 48.5 Å². The first-order valence-corrected chi connectivity index (χ1v) is 9.81. The van der Waals surface area contributed by atoms with Crippen LogP contribution in [-0.4, -0.2) is 35.6 Å². The fourth-order valence-electron chi connectivity index (χ4n) is 2.76. The van der Waals surface area contributed by atoms with E-state index in [0.717, 1.165) is 16.8 Å². The third-order valence-electron chi connectivity index (χ3n) is 4.14.